The third-order valence-electron chi connectivity index (χ3n) is 3.59. The van der Waals surface area contributed by atoms with Crippen LogP contribution in [0.5, 0.6) is 5.75 Å². The molecule has 0 aliphatic heterocycles. The smallest absolute Gasteiger partial charge is 0.491 e. The number of aromatic hydroxyl groups is 1. The lowest BCUT2D eigenvalue weighted by Gasteiger charge is -2.38. The number of methoxy groups -OCH3 is 1. The van der Waals surface area contributed by atoms with Crippen LogP contribution in [0.2, 0.25) is 0 Å². The third-order valence-corrected chi connectivity index (χ3v) is 3.59. The Hall–Kier alpha value is -1.57. The van der Waals surface area contributed by atoms with Crippen molar-refractivity contribution in [2.75, 3.05) is 7.11 Å². The van der Waals surface area contributed by atoms with E-state index in [2.05, 4.69) is 4.74 Å². The van der Waals surface area contributed by atoms with E-state index in [1.807, 2.05) is 0 Å². The largest absolute Gasteiger partial charge is 0.507 e. The summed E-state index contributed by atoms with van der Waals surface area (Å²) in [5.41, 5.74) is -1.95. The molecule has 6 nitrogen and oxygen atoms in total. The Morgan fingerprint density at radius 3 is 2.24 bits per heavy atom. The average molecular weight is 296 g/mol. The van der Waals surface area contributed by atoms with Crippen LogP contribution in [0.25, 0.3) is 0 Å². The fourth-order valence-corrected chi connectivity index (χ4v) is 1.48. The molecular formula is C14H21BO6. The van der Waals surface area contributed by atoms with Crippen molar-refractivity contribution in [3.8, 4) is 5.75 Å². The summed E-state index contributed by atoms with van der Waals surface area (Å²) < 4.78 is 9.97. The maximum Gasteiger partial charge on any atom is 0.491 e. The standard InChI is InChI=1S/C14H21BO6/c1-13(2,18)14(3,4)21-15(19)9-6-7-10(11(16)8-9)12(17)20-5/h6-8,16,18-19H,1-5H3. The Labute approximate surface area is 124 Å². The van der Waals surface area contributed by atoms with Crippen LogP contribution in [-0.2, 0) is 9.39 Å². The first-order chi connectivity index (χ1) is 9.49. The second kappa shape index (κ2) is 6.05. The van der Waals surface area contributed by atoms with Gasteiger partial charge in [0.2, 0.25) is 0 Å². The van der Waals surface area contributed by atoms with E-state index in [1.54, 1.807) is 27.7 Å². The van der Waals surface area contributed by atoms with E-state index in [9.17, 15) is 20.0 Å². The van der Waals surface area contributed by atoms with Gasteiger partial charge >= 0.3 is 13.1 Å². The SMILES string of the molecule is COC(=O)c1ccc(B(O)OC(C)(C)C(C)(C)O)cc1O. The van der Waals surface area contributed by atoms with Gasteiger partial charge in [0.15, 0.2) is 0 Å². The number of hydrogen-bond acceptors (Lipinski definition) is 6. The number of carbonyl (C=O) groups excluding carboxylic acids is 1. The number of phenols is 1. The van der Waals surface area contributed by atoms with Gasteiger partial charge in [0.25, 0.3) is 0 Å². The number of benzene rings is 1. The molecule has 21 heavy (non-hydrogen) atoms. The molecule has 0 aromatic heterocycles. The van der Waals surface area contributed by atoms with E-state index in [0.717, 1.165) is 0 Å². The molecular weight excluding hydrogens is 275 g/mol. The zero-order valence-electron chi connectivity index (χ0n) is 12.9. The van der Waals surface area contributed by atoms with Crippen LogP contribution in [0.4, 0.5) is 0 Å². The first-order valence-electron chi connectivity index (χ1n) is 6.49. The van der Waals surface area contributed by atoms with E-state index in [0.29, 0.717) is 0 Å². The van der Waals surface area contributed by atoms with Crippen LogP contribution in [-0.4, -0.2) is 46.6 Å². The maximum atomic E-state index is 11.4. The minimum Gasteiger partial charge on any atom is -0.507 e. The summed E-state index contributed by atoms with van der Waals surface area (Å²) in [4.78, 5) is 11.4. The molecule has 0 saturated carbocycles. The number of hydrogen-bond donors (Lipinski definition) is 3. The quantitative estimate of drug-likeness (QED) is 0.539. The molecule has 7 heteroatoms. The minimum atomic E-state index is -1.36. The van der Waals surface area contributed by atoms with Gasteiger partial charge in [0.1, 0.15) is 11.3 Å². The Balaban J connectivity index is 2.97. The summed E-state index contributed by atoms with van der Waals surface area (Å²) in [7, 11) is -0.150. The van der Waals surface area contributed by atoms with Gasteiger partial charge in [-0.1, -0.05) is 6.07 Å². The highest BCUT2D eigenvalue weighted by Gasteiger charge is 2.39. The fraction of sp³-hybridized carbons (Fsp3) is 0.500. The highest BCUT2D eigenvalue weighted by Crippen LogP contribution is 2.25. The first-order valence-corrected chi connectivity index (χ1v) is 6.49. The van der Waals surface area contributed by atoms with Crippen molar-refractivity contribution >= 4 is 18.6 Å². The summed E-state index contributed by atoms with van der Waals surface area (Å²) in [5.74, 6) is -0.991. The Bertz CT molecular complexity index is 521. The molecule has 0 radical (unpaired) electrons. The van der Waals surface area contributed by atoms with E-state index in [4.69, 9.17) is 4.65 Å². The van der Waals surface area contributed by atoms with E-state index in [1.165, 1.54) is 25.3 Å². The molecule has 0 amide bonds. The van der Waals surface area contributed by atoms with E-state index in [-0.39, 0.29) is 16.8 Å². The van der Waals surface area contributed by atoms with Crippen molar-refractivity contribution in [3.05, 3.63) is 23.8 Å². The second-order valence-electron chi connectivity index (χ2n) is 5.81. The number of carbonyl (C=O) groups is 1. The summed E-state index contributed by atoms with van der Waals surface area (Å²) in [5, 5.41) is 29.9. The van der Waals surface area contributed by atoms with Crippen LogP contribution in [0.3, 0.4) is 0 Å². The lowest BCUT2D eigenvalue weighted by atomic mass is 9.76. The molecule has 0 aliphatic carbocycles. The van der Waals surface area contributed by atoms with Crippen LogP contribution in [0.1, 0.15) is 38.1 Å². The molecule has 0 heterocycles. The molecule has 0 atom stereocenters. The molecule has 0 spiro atoms. The normalized spacial score (nSPS) is 12.1. The predicted octanol–water partition coefficient (Wildman–Crippen LogP) is 0.432. The van der Waals surface area contributed by atoms with Crippen molar-refractivity contribution in [3.63, 3.8) is 0 Å². The topological polar surface area (TPSA) is 96.2 Å². The summed E-state index contributed by atoms with van der Waals surface area (Å²) in [6, 6.07) is 3.99. The van der Waals surface area contributed by atoms with Gasteiger partial charge in [-0.25, -0.2) is 4.79 Å². The van der Waals surface area contributed by atoms with Crippen molar-refractivity contribution < 1.29 is 29.4 Å². The van der Waals surface area contributed by atoms with Gasteiger partial charge in [0, 0.05) is 0 Å². The number of aliphatic hydroxyl groups is 1. The Kier molecular flexibility index (Phi) is 5.04. The van der Waals surface area contributed by atoms with Crippen LogP contribution < -0.4 is 5.46 Å². The number of phenolic OH excluding ortho intramolecular Hbond substituents is 1. The lowest BCUT2D eigenvalue weighted by Crippen LogP contribution is -2.53. The zero-order valence-corrected chi connectivity index (χ0v) is 12.9. The average Bonchev–Trinajstić information content (AvgIpc) is 2.35. The number of esters is 1. The highest BCUT2D eigenvalue weighted by atomic mass is 16.5. The molecule has 1 aromatic rings. The van der Waals surface area contributed by atoms with Crippen molar-refractivity contribution in [2.24, 2.45) is 0 Å². The lowest BCUT2D eigenvalue weighted by molar-refractivity contribution is -0.0982. The minimum absolute atomic E-state index is 0.00445. The number of rotatable bonds is 5. The third kappa shape index (κ3) is 3.97. The van der Waals surface area contributed by atoms with Gasteiger partial charge in [-0.15, -0.1) is 0 Å². The summed E-state index contributed by atoms with van der Waals surface area (Å²) >= 11 is 0. The van der Waals surface area contributed by atoms with Crippen LogP contribution >= 0.6 is 0 Å². The van der Waals surface area contributed by atoms with Crippen LogP contribution in [0, 0.1) is 0 Å². The molecule has 0 fully saturated rings. The second-order valence-corrected chi connectivity index (χ2v) is 5.81. The predicted molar refractivity (Wildman–Crippen MR) is 78.5 cm³/mol. The van der Waals surface area contributed by atoms with Crippen molar-refractivity contribution in [2.45, 2.75) is 38.9 Å². The van der Waals surface area contributed by atoms with Gasteiger partial charge < -0.3 is 24.6 Å². The Morgan fingerprint density at radius 2 is 1.81 bits per heavy atom. The number of ether oxygens (including phenoxy) is 1. The fourth-order valence-electron chi connectivity index (χ4n) is 1.48. The Morgan fingerprint density at radius 1 is 1.24 bits per heavy atom. The first kappa shape index (κ1) is 17.5. The van der Waals surface area contributed by atoms with Crippen LogP contribution in [0.15, 0.2) is 18.2 Å². The molecule has 0 unspecified atom stereocenters. The zero-order chi connectivity index (χ0) is 16.4. The highest BCUT2D eigenvalue weighted by molar-refractivity contribution is 6.60. The van der Waals surface area contributed by atoms with Gasteiger partial charge in [-0.05, 0) is 45.3 Å². The van der Waals surface area contributed by atoms with Gasteiger partial charge in [0.05, 0.1) is 18.3 Å². The van der Waals surface area contributed by atoms with E-state index < -0.39 is 24.3 Å². The summed E-state index contributed by atoms with van der Waals surface area (Å²) in [6.07, 6.45) is 0. The van der Waals surface area contributed by atoms with Gasteiger partial charge in [-0.2, -0.15) is 0 Å². The van der Waals surface area contributed by atoms with Gasteiger partial charge in [-0.3, -0.25) is 0 Å². The molecule has 3 N–H and O–H groups in total. The van der Waals surface area contributed by atoms with Crippen molar-refractivity contribution in [1.29, 1.82) is 0 Å². The molecule has 0 bridgehead atoms. The molecule has 1 aromatic carbocycles. The van der Waals surface area contributed by atoms with E-state index >= 15 is 0 Å². The molecule has 1 rings (SSSR count). The molecule has 0 saturated heterocycles. The molecule has 116 valence electrons. The summed E-state index contributed by atoms with van der Waals surface area (Å²) in [6.45, 7) is 6.41. The monoisotopic (exact) mass is 296 g/mol. The molecule has 0 aliphatic rings. The van der Waals surface area contributed by atoms with Crippen molar-refractivity contribution in [1.82, 2.24) is 0 Å². The maximum absolute atomic E-state index is 11.4.